The zero-order valence-corrected chi connectivity index (χ0v) is 58.3. The highest BCUT2D eigenvalue weighted by Crippen LogP contribution is 2.30. The Bertz CT molecular complexity index is 1870. The fraction of sp³-hybridized carbons (Fsp3) is 0.808. The zero-order valence-electron chi connectivity index (χ0n) is 58.3. The lowest BCUT2D eigenvalue weighted by Crippen LogP contribution is -2.65. The van der Waals surface area contributed by atoms with Crippen LogP contribution in [0.4, 0.5) is 0 Å². The van der Waals surface area contributed by atoms with Crippen molar-refractivity contribution in [1.82, 2.24) is 5.32 Å². The second kappa shape index (κ2) is 61.7. The number of rotatable bonds is 62. The maximum Gasteiger partial charge on any atom is 0.220 e. The normalized spacial score (nSPS) is 23.2. The third-order valence-electron chi connectivity index (χ3n) is 18.1. The second-order valence-electron chi connectivity index (χ2n) is 26.4. The molecule has 2 rings (SSSR count). The Morgan fingerprint density at radius 1 is 0.402 bits per heavy atom. The van der Waals surface area contributed by atoms with Crippen LogP contribution in [-0.2, 0) is 23.7 Å². The van der Waals surface area contributed by atoms with E-state index in [0.29, 0.717) is 6.42 Å². The number of hydrogen-bond donors (Lipinski definition) is 9. The van der Waals surface area contributed by atoms with Crippen LogP contribution in [0.1, 0.15) is 309 Å². The summed E-state index contributed by atoms with van der Waals surface area (Å²) < 4.78 is 22.9. The summed E-state index contributed by atoms with van der Waals surface area (Å²) in [6, 6.07) is -0.921. The number of allylic oxidation sites excluding steroid dienone is 13. The molecule has 534 valence electrons. The topological polar surface area (TPSA) is 228 Å². The van der Waals surface area contributed by atoms with E-state index in [0.717, 1.165) is 77.0 Å². The molecule has 9 N–H and O–H groups in total. The first-order valence-electron chi connectivity index (χ1n) is 37.8. The van der Waals surface area contributed by atoms with Gasteiger partial charge in [0, 0.05) is 6.42 Å². The maximum absolute atomic E-state index is 13.4. The third kappa shape index (κ3) is 44.8. The van der Waals surface area contributed by atoms with Gasteiger partial charge in [0.2, 0.25) is 5.91 Å². The van der Waals surface area contributed by atoms with E-state index >= 15 is 0 Å². The van der Waals surface area contributed by atoms with Crippen molar-refractivity contribution in [2.24, 2.45) is 0 Å². The predicted octanol–water partition coefficient (Wildman–Crippen LogP) is 16.4. The van der Waals surface area contributed by atoms with E-state index in [2.05, 4.69) is 92.1 Å². The van der Waals surface area contributed by atoms with Gasteiger partial charge in [0.05, 0.1) is 32.0 Å². The van der Waals surface area contributed by atoms with Crippen LogP contribution in [-0.4, -0.2) is 140 Å². The molecule has 2 aliphatic rings. The fourth-order valence-corrected chi connectivity index (χ4v) is 12.1. The highest BCUT2D eigenvalue weighted by molar-refractivity contribution is 5.76. The van der Waals surface area contributed by atoms with E-state index in [1.165, 1.54) is 205 Å². The number of nitrogens with one attached hydrogen (secondary N) is 1. The first-order valence-corrected chi connectivity index (χ1v) is 37.8. The first kappa shape index (κ1) is 85.3. The van der Waals surface area contributed by atoms with Crippen molar-refractivity contribution in [3.63, 3.8) is 0 Å². The molecule has 0 aromatic rings. The lowest BCUT2D eigenvalue weighted by atomic mass is 9.97. The van der Waals surface area contributed by atoms with Gasteiger partial charge >= 0.3 is 0 Å². The van der Waals surface area contributed by atoms with E-state index in [-0.39, 0.29) is 18.9 Å². The molecule has 92 heavy (non-hydrogen) atoms. The minimum absolute atomic E-state index is 0.239. The molecule has 0 bridgehead atoms. The van der Waals surface area contributed by atoms with E-state index in [1.807, 2.05) is 6.08 Å². The van der Waals surface area contributed by atoms with Crippen molar-refractivity contribution in [3.05, 3.63) is 85.1 Å². The van der Waals surface area contributed by atoms with Crippen molar-refractivity contribution in [2.45, 2.75) is 383 Å². The van der Waals surface area contributed by atoms with E-state index in [1.54, 1.807) is 6.08 Å². The van der Waals surface area contributed by atoms with Gasteiger partial charge in [-0.15, -0.1) is 0 Å². The molecule has 2 fully saturated rings. The van der Waals surface area contributed by atoms with Gasteiger partial charge in [-0.2, -0.15) is 0 Å². The molecule has 0 aliphatic carbocycles. The summed E-state index contributed by atoms with van der Waals surface area (Å²) >= 11 is 0. The van der Waals surface area contributed by atoms with Crippen molar-refractivity contribution >= 4 is 5.91 Å². The van der Waals surface area contributed by atoms with E-state index in [9.17, 15) is 45.6 Å². The largest absolute Gasteiger partial charge is 0.394 e. The number of amides is 1. The Hall–Kier alpha value is -2.83. The van der Waals surface area contributed by atoms with Crippen LogP contribution in [0.15, 0.2) is 85.1 Å². The Morgan fingerprint density at radius 3 is 1.15 bits per heavy atom. The molecule has 12 unspecified atom stereocenters. The fourth-order valence-electron chi connectivity index (χ4n) is 12.1. The molecule has 12 atom stereocenters. The number of hydrogen-bond acceptors (Lipinski definition) is 13. The Kier molecular flexibility index (Phi) is 57.2. The maximum atomic E-state index is 13.4. The summed E-state index contributed by atoms with van der Waals surface area (Å²) in [7, 11) is 0. The van der Waals surface area contributed by atoms with Crippen LogP contribution in [0.2, 0.25) is 0 Å². The van der Waals surface area contributed by atoms with Crippen molar-refractivity contribution in [2.75, 3.05) is 19.8 Å². The number of carbonyl (C=O) groups excluding carboxylic acids is 1. The van der Waals surface area contributed by atoms with E-state index < -0.39 is 86.8 Å². The van der Waals surface area contributed by atoms with Crippen LogP contribution in [0.3, 0.4) is 0 Å². The molecular formula is C78H139NO13. The first-order chi connectivity index (χ1) is 45.1. The summed E-state index contributed by atoms with van der Waals surface area (Å²) in [4.78, 5) is 13.4. The standard InChI is InChI=1S/C78H139NO13/c1-3-5-7-9-11-13-15-17-19-21-23-25-27-29-30-31-32-33-34-35-36-38-40-42-44-46-48-50-52-54-56-58-60-62-70(83)79-66(65-89-77-75(88)73(86)76(69(64-81)91-77)92-78-74(87)72(85)71(84)68(63-80)90-78)67(82)61-59-57-55-53-51-49-47-45-43-41-39-37-28-26-24-22-20-18-16-14-12-10-8-6-4-2/h5,7,11,13,17,19,23,25,29-30,32-33,59,61,66-69,71-78,80-82,84-88H,3-4,6,8-10,12,14-16,18,20-22,24,26-28,31,34-58,60,62-65H2,1-2H3,(H,79,83)/b7-5-,13-11-,19-17-,25-23-,30-29-,33-32-,61-59+. The molecule has 2 aliphatic heterocycles. The molecule has 14 heteroatoms. The lowest BCUT2D eigenvalue weighted by Gasteiger charge is -2.46. The molecule has 0 spiro atoms. The van der Waals surface area contributed by atoms with Crippen LogP contribution in [0.5, 0.6) is 0 Å². The highest BCUT2D eigenvalue weighted by Gasteiger charge is 2.51. The smallest absolute Gasteiger partial charge is 0.220 e. The molecule has 1 amide bonds. The Labute approximate surface area is 561 Å². The Morgan fingerprint density at radius 2 is 0.750 bits per heavy atom. The highest BCUT2D eigenvalue weighted by atomic mass is 16.7. The van der Waals surface area contributed by atoms with Crippen LogP contribution in [0, 0.1) is 0 Å². The van der Waals surface area contributed by atoms with Gasteiger partial charge in [-0.25, -0.2) is 0 Å². The van der Waals surface area contributed by atoms with Crippen molar-refractivity contribution < 1.29 is 64.6 Å². The summed E-state index contributed by atoms with van der Waals surface area (Å²) in [5, 5.41) is 87.6. The molecule has 2 heterocycles. The molecule has 0 saturated carbocycles. The monoisotopic (exact) mass is 1300 g/mol. The summed E-state index contributed by atoms with van der Waals surface area (Å²) in [6.45, 7) is 2.72. The van der Waals surface area contributed by atoms with E-state index in [4.69, 9.17) is 18.9 Å². The van der Waals surface area contributed by atoms with Gasteiger partial charge in [0.15, 0.2) is 12.6 Å². The third-order valence-corrected chi connectivity index (χ3v) is 18.1. The lowest BCUT2D eigenvalue weighted by molar-refractivity contribution is -0.359. The number of aliphatic hydroxyl groups excluding tert-OH is 8. The van der Waals surface area contributed by atoms with Crippen molar-refractivity contribution in [1.29, 1.82) is 0 Å². The van der Waals surface area contributed by atoms with Gasteiger partial charge in [-0.3, -0.25) is 4.79 Å². The number of carbonyl (C=O) groups is 1. The van der Waals surface area contributed by atoms with Crippen molar-refractivity contribution in [3.8, 4) is 0 Å². The summed E-state index contributed by atoms with van der Waals surface area (Å²) in [6.07, 6.45) is 69.2. The quantitative estimate of drug-likeness (QED) is 0.0204. The summed E-state index contributed by atoms with van der Waals surface area (Å²) in [5.41, 5.74) is 0. The molecular weight excluding hydrogens is 1160 g/mol. The number of aliphatic hydroxyl groups is 8. The van der Waals surface area contributed by atoms with Gasteiger partial charge in [-0.05, 0) is 70.6 Å². The SMILES string of the molecule is CC/C=C\C/C=C\C/C=C\C/C=C\C/C=C\C/C=C\CCCCCCCCCCCCCCCCC(=O)NC(COC1OC(CO)C(OC2OC(CO)C(O)C(O)C2O)C(O)C1O)C(O)/C=C/CCCCCCCCCCCCCCCCCCCCCCCCC. The van der Waals surface area contributed by atoms with Gasteiger partial charge < -0.3 is 65.1 Å². The number of ether oxygens (including phenoxy) is 4. The molecule has 14 nitrogen and oxygen atoms in total. The Balaban J connectivity index is 1.65. The molecule has 0 aromatic heterocycles. The van der Waals surface area contributed by atoms with Gasteiger partial charge in [-0.1, -0.05) is 317 Å². The average Bonchev–Trinajstić information content (AvgIpc) is 0.829. The van der Waals surface area contributed by atoms with Gasteiger partial charge in [0.25, 0.3) is 0 Å². The minimum Gasteiger partial charge on any atom is -0.394 e. The minimum atomic E-state index is -1.79. The van der Waals surface area contributed by atoms with Gasteiger partial charge in [0.1, 0.15) is 48.8 Å². The zero-order chi connectivity index (χ0) is 66.6. The molecule has 0 aromatic carbocycles. The summed E-state index contributed by atoms with van der Waals surface area (Å²) in [5.74, 6) is -0.239. The van der Waals surface area contributed by atoms with Crippen LogP contribution >= 0.6 is 0 Å². The average molecular weight is 1300 g/mol. The molecule has 2 saturated heterocycles. The molecule has 0 radical (unpaired) electrons. The number of unbranched alkanes of at least 4 members (excludes halogenated alkanes) is 37. The van der Waals surface area contributed by atoms with Crippen LogP contribution in [0.25, 0.3) is 0 Å². The second-order valence-corrected chi connectivity index (χ2v) is 26.4. The predicted molar refractivity (Wildman–Crippen MR) is 378 cm³/mol. The van der Waals surface area contributed by atoms with Crippen LogP contribution < -0.4 is 5.32 Å².